The largest absolute Gasteiger partial charge is 0.507 e. The Bertz CT molecular complexity index is 2170. The molecule has 2 saturated heterocycles. The maximum absolute atomic E-state index is 14.7. The van der Waals surface area contributed by atoms with Crippen LogP contribution in [0.25, 0.3) is 0 Å². The molecule has 4 aromatic carbocycles. The third-order valence-corrected chi connectivity index (χ3v) is 11.7. The van der Waals surface area contributed by atoms with E-state index in [0.717, 1.165) is 0 Å². The minimum absolute atomic E-state index is 0.159. The normalized spacial score (nSPS) is 30.8. The first-order chi connectivity index (χ1) is 28.7. The summed E-state index contributed by atoms with van der Waals surface area (Å²) in [6.07, 6.45) is -17.0. The number of ether oxygens (including phenoxy) is 4. The minimum atomic E-state index is -1.87. The standard InChI is InChI=1S/C42H42O18/c43-11-15-7-19-27(17-3-1-5-23(31(17)35(51)29(19)21(47)9-15)57-41-39(55)37(53)33(49)25(13-45)59-41)28-18-4-2-6-24(58-42-40(56)38(54)34(50)26(14-46)60-42)32(18)36(52)30-20(28)8-16(12-44)10-22(30)48/h1-10,25-28,33-34,37-50,53-56H,11-14H2/t25-,26-,27+,28+,33-,34-,37+,38+,39-,40-,41-,42-/m1/s1. The second kappa shape index (κ2) is 16.1. The first-order valence-electron chi connectivity index (χ1n) is 19.0. The lowest BCUT2D eigenvalue weighted by Crippen LogP contribution is -2.60. The molecule has 60 heavy (non-hydrogen) atoms. The Morgan fingerprint density at radius 3 is 1.22 bits per heavy atom. The van der Waals surface area contributed by atoms with Gasteiger partial charge in [0.05, 0.1) is 48.7 Å². The van der Waals surface area contributed by atoms with Crippen LogP contribution in [0.4, 0.5) is 0 Å². The molecule has 2 aliphatic carbocycles. The Morgan fingerprint density at radius 1 is 0.483 bits per heavy atom. The lowest BCUT2D eigenvalue weighted by atomic mass is 9.63. The zero-order chi connectivity index (χ0) is 42.9. The van der Waals surface area contributed by atoms with Gasteiger partial charge in [0.2, 0.25) is 24.1 Å². The van der Waals surface area contributed by atoms with Gasteiger partial charge in [0.1, 0.15) is 71.8 Å². The first kappa shape index (κ1) is 41.7. The number of phenolic OH excluding ortho intramolecular Hbond substituents is 2. The molecule has 0 radical (unpaired) electrons. The van der Waals surface area contributed by atoms with Crippen LogP contribution in [0.3, 0.4) is 0 Å². The number of fused-ring (bicyclic) bond motifs is 4. The SMILES string of the molecule is O=C1c2c(O)cc(CO)cc2[C@@H]([C@@H]2c3cc(CO)cc(O)c3C(=O)c3c(O[C@@H]4O[C@H](CO)[C@@H](O)[C@H](O)[C@H]4O)cccc32)c2cccc(O[C@@H]3O[C@H](CO)[C@@H](O)[C@H](O)[C@H]3O)c21. The third-order valence-electron chi connectivity index (χ3n) is 11.7. The van der Waals surface area contributed by atoms with Gasteiger partial charge in [-0.25, -0.2) is 0 Å². The second-order valence-electron chi connectivity index (χ2n) is 15.2. The monoisotopic (exact) mass is 834 g/mol. The first-order valence-corrected chi connectivity index (χ1v) is 19.0. The molecule has 18 nitrogen and oxygen atoms in total. The molecule has 0 unspecified atom stereocenters. The molecule has 4 aliphatic rings. The molecular formula is C42H42O18. The molecule has 2 fully saturated rings. The van der Waals surface area contributed by atoms with E-state index in [2.05, 4.69) is 0 Å². The quantitative estimate of drug-likeness (QED) is 0.0912. The van der Waals surface area contributed by atoms with Crippen molar-refractivity contribution in [3.8, 4) is 23.0 Å². The van der Waals surface area contributed by atoms with Crippen molar-refractivity contribution in [2.75, 3.05) is 13.2 Å². The number of rotatable bonds is 9. The summed E-state index contributed by atoms with van der Waals surface area (Å²) < 4.78 is 23.3. The van der Waals surface area contributed by atoms with Crippen LogP contribution in [0.5, 0.6) is 23.0 Å². The maximum Gasteiger partial charge on any atom is 0.229 e. The van der Waals surface area contributed by atoms with E-state index in [-0.39, 0.29) is 67.1 Å². The summed E-state index contributed by atoms with van der Waals surface area (Å²) in [5, 5.41) is 127. The topological polar surface area (TPSA) is 314 Å². The number of hydrogen-bond acceptors (Lipinski definition) is 18. The molecule has 2 aliphatic heterocycles. The molecule has 8 rings (SSSR count). The molecule has 0 aromatic heterocycles. The Hall–Kier alpha value is -5.06. The number of phenols is 2. The van der Waals surface area contributed by atoms with Crippen LogP contribution in [0.2, 0.25) is 0 Å². The molecule has 12 N–H and O–H groups in total. The fourth-order valence-corrected chi connectivity index (χ4v) is 8.77. The van der Waals surface area contributed by atoms with Gasteiger partial charge in [-0.15, -0.1) is 0 Å². The molecule has 2 heterocycles. The van der Waals surface area contributed by atoms with Gasteiger partial charge < -0.3 is 80.2 Å². The van der Waals surface area contributed by atoms with Crippen molar-refractivity contribution in [3.63, 3.8) is 0 Å². The summed E-state index contributed by atoms with van der Waals surface area (Å²) in [5.41, 5.74) is 0.283. The summed E-state index contributed by atoms with van der Waals surface area (Å²) in [7, 11) is 0. The smallest absolute Gasteiger partial charge is 0.229 e. The van der Waals surface area contributed by atoms with Crippen LogP contribution in [0.15, 0.2) is 60.7 Å². The highest BCUT2D eigenvalue weighted by atomic mass is 16.7. The highest BCUT2D eigenvalue weighted by Gasteiger charge is 2.49. The van der Waals surface area contributed by atoms with Gasteiger partial charge in [-0.05, 0) is 57.6 Å². The summed E-state index contributed by atoms with van der Waals surface area (Å²) in [4.78, 5) is 29.3. The lowest BCUT2D eigenvalue weighted by Gasteiger charge is -2.41. The second-order valence-corrected chi connectivity index (χ2v) is 15.2. The van der Waals surface area contributed by atoms with Crippen LogP contribution in [-0.2, 0) is 22.7 Å². The van der Waals surface area contributed by atoms with Crippen LogP contribution < -0.4 is 9.47 Å². The third kappa shape index (κ3) is 6.61. The van der Waals surface area contributed by atoms with E-state index in [1.165, 1.54) is 48.5 Å². The molecule has 4 aromatic rings. The van der Waals surface area contributed by atoms with Gasteiger partial charge in [-0.1, -0.05) is 36.4 Å². The van der Waals surface area contributed by atoms with E-state index >= 15 is 0 Å². The summed E-state index contributed by atoms with van der Waals surface area (Å²) in [6, 6.07) is 14.2. The number of benzene rings is 4. The van der Waals surface area contributed by atoms with Gasteiger partial charge in [0.25, 0.3) is 0 Å². The predicted molar refractivity (Wildman–Crippen MR) is 200 cm³/mol. The van der Waals surface area contributed by atoms with Crippen molar-refractivity contribution < 1.29 is 89.8 Å². The van der Waals surface area contributed by atoms with Crippen molar-refractivity contribution in [1.29, 1.82) is 0 Å². The number of hydrogen-bond donors (Lipinski definition) is 12. The lowest BCUT2D eigenvalue weighted by molar-refractivity contribution is -0.277. The van der Waals surface area contributed by atoms with Crippen molar-refractivity contribution >= 4 is 11.6 Å². The number of ketones is 2. The summed E-state index contributed by atoms with van der Waals surface area (Å²) >= 11 is 0. The highest BCUT2D eigenvalue weighted by Crippen LogP contribution is 2.56. The van der Waals surface area contributed by atoms with E-state index in [4.69, 9.17) is 18.9 Å². The number of aliphatic hydroxyl groups excluding tert-OH is 10. The molecule has 0 amide bonds. The molecule has 318 valence electrons. The number of aliphatic hydroxyl groups is 10. The van der Waals surface area contributed by atoms with Crippen LogP contribution in [-0.4, -0.2) is 147 Å². The Labute approximate surface area is 339 Å². The molecule has 0 bridgehead atoms. The van der Waals surface area contributed by atoms with Gasteiger partial charge in [0, 0.05) is 11.8 Å². The molecule has 0 saturated carbocycles. The van der Waals surface area contributed by atoms with Gasteiger partial charge >= 0.3 is 0 Å². The van der Waals surface area contributed by atoms with Crippen molar-refractivity contribution in [2.24, 2.45) is 0 Å². The molecular weight excluding hydrogens is 792 g/mol. The zero-order valence-corrected chi connectivity index (χ0v) is 31.3. The minimum Gasteiger partial charge on any atom is -0.507 e. The Kier molecular flexibility index (Phi) is 11.2. The van der Waals surface area contributed by atoms with Crippen LogP contribution in [0.1, 0.15) is 77.1 Å². The highest BCUT2D eigenvalue weighted by molar-refractivity contribution is 6.18. The summed E-state index contributed by atoms with van der Waals surface area (Å²) in [5.74, 6) is -5.33. The van der Waals surface area contributed by atoms with E-state index in [1.807, 2.05) is 0 Å². The van der Waals surface area contributed by atoms with E-state index in [0.29, 0.717) is 0 Å². The molecule has 0 spiro atoms. The average molecular weight is 835 g/mol. The van der Waals surface area contributed by atoms with Gasteiger partial charge in [0.15, 0.2) is 0 Å². The summed E-state index contributed by atoms with van der Waals surface area (Å²) in [6.45, 7) is -2.68. The zero-order valence-electron chi connectivity index (χ0n) is 31.3. The Morgan fingerprint density at radius 2 is 0.867 bits per heavy atom. The van der Waals surface area contributed by atoms with E-state index < -0.39 is 123 Å². The Balaban J connectivity index is 1.35. The average Bonchev–Trinajstić information content (AvgIpc) is 3.24. The van der Waals surface area contributed by atoms with Crippen LogP contribution in [0, 0.1) is 0 Å². The fraction of sp³-hybridized carbons (Fsp3) is 0.381. The van der Waals surface area contributed by atoms with Gasteiger partial charge in [-0.3, -0.25) is 9.59 Å². The van der Waals surface area contributed by atoms with Gasteiger partial charge in [-0.2, -0.15) is 0 Å². The van der Waals surface area contributed by atoms with E-state index in [1.54, 1.807) is 12.1 Å². The molecule has 12 atom stereocenters. The molecule has 18 heteroatoms. The van der Waals surface area contributed by atoms with Crippen molar-refractivity contribution in [2.45, 2.75) is 86.5 Å². The van der Waals surface area contributed by atoms with Crippen LogP contribution >= 0.6 is 0 Å². The maximum atomic E-state index is 14.7. The predicted octanol–water partition coefficient (Wildman–Crippen LogP) is -1.51. The van der Waals surface area contributed by atoms with Crippen molar-refractivity contribution in [3.05, 3.63) is 116 Å². The number of carbonyl (C=O) groups is 2. The van der Waals surface area contributed by atoms with Crippen molar-refractivity contribution in [1.82, 2.24) is 0 Å². The fourth-order valence-electron chi connectivity index (χ4n) is 8.77. The number of carbonyl (C=O) groups excluding carboxylic acids is 2. The van der Waals surface area contributed by atoms with E-state index in [9.17, 15) is 70.9 Å². The number of aromatic hydroxyl groups is 2.